The van der Waals surface area contributed by atoms with Gasteiger partial charge in [-0.2, -0.15) is 5.26 Å². The van der Waals surface area contributed by atoms with Gasteiger partial charge in [-0.1, -0.05) is 0 Å². The molecule has 0 bridgehead atoms. The molecule has 1 aromatic heterocycles. The summed E-state index contributed by atoms with van der Waals surface area (Å²) < 4.78 is 1.98. The Morgan fingerprint density at radius 3 is 3.00 bits per heavy atom. The summed E-state index contributed by atoms with van der Waals surface area (Å²) in [7, 11) is 0. The van der Waals surface area contributed by atoms with E-state index >= 15 is 0 Å². The van der Waals surface area contributed by atoms with Crippen molar-refractivity contribution in [2.75, 3.05) is 0 Å². The van der Waals surface area contributed by atoms with Crippen molar-refractivity contribution in [3.05, 3.63) is 27.2 Å². The van der Waals surface area contributed by atoms with Gasteiger partial charge in [0, 0.05) is 0 Å². The van der Waals surface area contributed by atoms with Crippen LogP contribution in [0.4, 0.5) is 0 Å². The molecule has 0 atom stereocenters. The first-order valence-electron chi connectivity index (χ1n) is 3.68. The quantitative estimate of drug-likeness (QED) is 0.722. The van der Waals surface area contributed by atoms with Crippen molar-refractivity contribution in [1.82, 2.24) is 4.98 Å². The van der Waals surface area contributed by atoms with Crippen LogP contribution >= 0.6 is 27.3 Å². The van der Waals surface area contributed by atoms with Gasteiger partial charge in [0.15, 0.2) is 3.92 Å². The van der Waals surface area contributed by atoms with E-state index in [1.54, 1.807) is 11.3 Å². The smallest absolute Gasteiger partial charge is 0.160 e. The van der Waals surface area contributed by atoms with Crippen LogP contribution in [0, 0.1) is 18.3 Å². The number of nitrogens with zero attached hydrogens (tertiary/aromatic N) is 2. The largest absolute Gasteiger partial charge is 0.229 e. The van der Waals surface area contributed by atoms with Gasteiger partial charge in [0.25, 0.3) is 0 Å². The van der Waals surface area contributed by atoms with Crippen molar-refractivity contribution in [3.63, 3.8) is 0 Å². The number of hydrogen-bond donors (Lipinski definition) is 0. The maximum atomic E-state index is 8.80. The van der Waals surface area contributed by atoms with Gasteiger partial charge in [-0.15, -0.1) is 11.3 Å². The van der Waals surface area contributed by atoms with Crippen LogP contribution in [0.15, 0.2) is 16.0 Å². The Kier molecular flexibility index (Phi) is 2.06. The highest BCUT2D eigenvalue weighted by atomic mass is 79.9. The zero-order chi connectivity index (χ0) is 9.42. The second kappa shape index (κ2) is 3.09. The average molecular weight is 253 g/mol. The maximum absolute atomic E-state index is 8.80. The summed E-state index contributed by atoms with van der Waals surface area (Å²) in [6, 6.07) is 5.92. The SMILES string of the molecule is Cc1c(C#N)ccc2sc(Br)nc12. The highest BCUT2D eigenvalue weighted by Crippen LogP contribution is 2.29. The summed E-state index contributed by atoms with van der Waals surface area (Å²) in [5, 5.41) is 8.80. The summed E-state index contributed by atoms with van der Waals surface area (Å²) in [5.74, 6) is 0. The van der Waals surface area contributed by atoms with Gasteiger partial charge < -0.3 is 0 Å². The summed E-state index contributed by atoms with van der Waals surface area (Å²) in [6.45, 7) is 1.92. The van der Waals surface area contributed by atoms with Gasteiger partial charge in [-0.25, -0.2) is 4.98 Å². The Bertz CT molecular complexity index is 510. The molecule has 0 saturated carbocycles. The monoisotopic (exact) mass is 252 g/mol. The molecule has 64 valence electrons. The van der Waals surface area contributed by atoms with E-state index in [1.807, 2.05) is 19.1 Å². The van der Waals surface area contributed by atoms with E-state index in [9.17, 15) is 0 Å². The summed E-state index contributed by atoms with van der Waals surface area (Å²) in [5.41, 5.74) is 2.59. The number of rotatable bonds is 0. The van der Waals surface area contributed by atoms with Crippen LogP contribution in [0.25, 0.3) is 10.2 Å². The van der Waals surface area contributed by atoms with Gasteiger partial charge >= 0.3 is 0 Å². The molecule has 0 radical (unpaired) electrons. The molecule has 0 N–H and O–H groups in total. The van der Waals surface area contributed by atoms with Crippen LogP contribution in [0.5, 0.6) is 0 Å². The molecule has 0 aliphatic heterocycles. The molecular formula is C9H5BrN2S. The second-order valence-electron chi connectivity index (χ2n) is 2.66. The van der Waals surface area contributed by atoms with Crippen LogP contribution in [0.1, 0.15) is 11.1 Å². The minimum atomic E-state index is 0.699. The highest BCUT2D eigenvalue weighted by molar-refractivity contribution is 9.11. The summed E-state index contributed by atoms with van der Waals surface area (Å²) in [4.78, 5) is 4.31. The van der Waals surface area contributed by atoms with E-state index in [0.29, 0.717) is 5.56 Å². The summed E-state index contributed by atoms with van der Waals surface area (Å²) >= 11 is 4.91. The molecule has 13 heavy (non-hydrogen) atoms. The minimum Gasteiger partial charge on any atom is -0.229 e. The second-order valence-corrected chi connectivity index (χ2v) is 4.97. The Morgan fingerprint density at radius 2 is 2.31 bits per heavy atom. The third-order valence-corrected chi connectivity index (χ3v) is 3.38. The lowest BCUT2D eigenvalue weighted by Crippen LogP contribution is -1.82. The first kappa shape index (κ1) is 8.67. The topological polar surface area (TPSA) is 36.7 Å². The fourth-order valence-electron chi connectivity index (χ4n) is 1.22. The average Bonchev–Trinajstić information content (AvgIpc) is 2.47. The molecule has 0 unspecified atom stereocenters. The lowest BCUT2D eigenvalue weighted by molar-refractivity contribution is 1.37. The van der Waals surface area contributed by atoms with Crippen LogP contribution < -0.4 is 0 Å². The number of aromatic nitrogens is 1. The highest BCUT2D eigenvalue weighted by Gasteiger charge is 2.07. The van der Waals surface area contributed by atoms with E-state index in [-0.39, 0.29) is 0 Å². The third kappa shape index (κ3) is 1.34. The normalized spacial score (nSPS) is 10.2. The molecule has 0 fully saturated rings. The molecule has 1 aromatic carbocycles. The molecule has 2 aromatic rings. The van der Waals surface area contributed by atoms with Crippen LogP contribution in [0.2, 0.25) is 0 Å². The van der Waals surface area contributed by atoms with E-state index in [1.165, 1.54) is 0 Å². The number of fused-ring (bicyclic) bond motifs is 1. The Labute approximate surface area is 88.0 Å². The first-order chi connectivity index (χ1) is 6.22. The van der Waals surface area contributed by atoms with Gasteiger partial charge in [0.2, 0.25) is 0 Å². The third-order valence-electron chi connectivity index (χ3n) is 1.91. The minimum absolute atomic E-state index is 0.699. The van der Waals surface area contributed by atoms with Crippen LogP contribution in [-0.2, 0) is 0 Å². The van der Waals surface area contributed by atoms with E-state index in [2.05, 4.69) is 27.0 Å². The molecule has 2 rings (SSSR count). The molecule has 0 spiro atoms. The van der Waals surface area contributed by atoms with Crippen molar-refractivity contribution in [3.8, 4) is 6.07 Å². The van der Waals surface area contributed by atoms with Crippen molar-refractivity contribution in [1.29, 1.82) is 5.26 Å². The number of aryl methyl sites for hydroxylation is 1. The molecule has 0 aliphatic carbocycles. The molecule has 1 heterocycles. The maximum Gasteiger partial charge on any atom is 0.160 e. The number of benzene rings is 1. The van der Waals surface area contributed by atoms with Gasteiger partial charge in [-0.05, 0) is 40.5 Å². The number of hydrogen-bond acceptors (Lipinski definition) is 3. The number of thiazole rings is 1. The molecule has 0 amide bonds. The first-order valence-corrected chi connectivity index (χ1v) is 5.29. The van der Waals surface area contributed by atoms with Crippen molar-refractivity contribution >= 4 is 37.5 Å². The Morgan fingerprint density at radius 1 is 1.54 bits per heavy atom. The zero-order valence-electron chi connectivity index (χ0n) is 6.84. The number of nitriles is 1. The standard InChI is InChI=1S/C9H5BrN2S/c1-5-6(4-11)2-3-7-8(5)12-9(10)13-7/h2-3H,1H3. The summed E-state index contributed by atoms with van der Waals surface area (Å²) in [6.07, 6.45) is 0. The number of halogens is 1. The van der Waals surface area contributed by atoms with E-state index in [0.717, 1.165) is 19.7 Å². The molecular weight excluding hydrogens is 248 g/mol. The van der Waals surface area contributed by atoms with Gasteiger partial charge in [0.05, 0.1) is 21.8 Å². The Hall–Kier alpha value is -0.920. The van der Waals surface area contributed by atoms with E-state index in [4.69, 9.17) is 5.26 Å². The molecule has 0 aliphatic rings. The fraction of sp³-hybridized carbons (Fsp3) is 0.111. The van der Waals surface area contributed by atoms with Crippen molar-refractivity contribution in [2.45, 2.75) is 6.92 Å². The lowest BCUT2D eigenvalue weighted by Gasteiger charge is -1.95. The van der Waals surface area contributed by atoms with Crippen molar-refractivity contribution in [2.24, 2.45) is 0 Å². The fourth-order valence-corrected chi connectivity index (χ4v) is 2.67. The van der Waals surface area contributed by atoms with E-state index < -0.39 is 0 Å². The predicted molar refractivity (Wildman–Crippen MR) is 56.8 cm³/mol. The van der Waals surface area contributed by atoms with Gasteiger partial charge in [-0.3, -0.25) is 0 Å². The Balaban J connectivity index is 2.87. The van der Waals surface area contributed by atoms with Crippen LogP contribution in [-0.4, -0.2) is 4.98 Å². The van der Waals surface area contributed by atoms with Crippen molar-refractivity contribution < 1.29 is 0 Å². The van der Waals surface area contributed by atoms with Gasteiger partial charge in [0.1, 0.15) is 0 Å². The zero-order valence-corrected chi connectivity index (χ0v) is 9.24. The lowest BCUT2D eigenvalue weighted by atomic mass is 10.1. The molecule has 2 nitrogen and oxygen atoms in total. The molecule has 0 saturated heterocycles. The predicted octanol–water partition coefficient (Wildman–Crippen LogP) is 3.24. The van der Waals surface area contributed by atoms with Crippen LogP contribution in [0.3, 0.4) is 0 Å². The molecule has 4 heteroatoms.